The van der Waals surface area contributed by atoms with E-state index in [4.69, 9.17) is 4.74 Å². The fourth-order valence-electron chi connectivity index (χ4n) is 4.58. The monoisotopic (exact) mass is 415 g/mol. The summed E-state index contributed by atoms with van der Waals surface area (Å²) in [6.45, 7) is 4.60. The fraction of sp³-hybridized carbons (Fsp3) is 0.320. The van der Waals surface area contributed by atoms with Crippen molar-refractivity contribution in [3.8, 4) is 16.9 Å². The molecule has 5 rings (SSSR count). The number of pyridine rings is 1. The highest BCUT2D eigenvalue weighted by atomic mass is 16.5. The summed E-state index contributed by atoms with van der Waals surface area (Å²) >= 11 is 0. The molecule has 1 aliphatic carbocycles. The largest absolute Gasteiger partial charge is 0.496 e. The first-order chi connectivity index (χ1) is 14.9. The molecule has 1 fully saturated rings. The van der Waals surface area contributed by atoms with Crippen LogP contribution in [-0.4, -0.2) is 35.9 Å². The van der Waals surface area contributed by atoms with Crippen molar-refractivity contribution >= 4 is 28.4 Å². The number of carbonyl (C=O) groups is 2. The molecule has 2 aliphatic rings. The van der Waals surface area contributed by atoms with Crippen LogP contribution in [0.5, 0.6) is 5.75 Å². The van der Waals surface area contributed by atoms with Crippen molar-refractivity contribution in [1.82, 2.24) is 9.88 Å². The van der Waals surface area contributed by atoms with Crippen LogP contribution in [0, 0.1) is 19.8 Å². The Kier molecular flexibility index (Phi) is 4.46. The van der Waals surface area contributed by atoms with Crippen molar-refractivity contribution in [3.63, 3.8) is 0 Å². The lowest BCUT2D eigenvalue weighted by atomic mass is 9.88. The maximum absolute atomic E-state index is 13.2. The van der Waals surface area contributed by atoms with Crippen LogP contribution in [0.2, 0.25) is 0 Å². The number of hydrogen-bond acceptors (Lipinski definition) is 4. The zero-order chi connectivity index (χ0) is 21.9. The molecule has 6 nitrogen and oxygen atoms in total. The van der Waals surface area contributed by atoms with Gasteiger partial charge in [-0.25, -0.2) is 4.98 Å². The Morgan fingerprint density at radius 3 is 2.68 bits per heavy atom. The highest BCUT2D eigenvalue weighted by molar-refractivity contribution is 6.11. The number of nitrogens with one attached hydrogen (secondary N) is 1. The zero-order valence-electron chi connectivity index (χ0n) is 18.2. The molecular weight excluding hydrogens is 390 g/mol. The molecule has 3 aromatic rings. The van der Waals surface area contributed by atoms with Gasteiger partial charge >= 0.3 is 0 Å². The second kappa shape index (κ2) is 7.08. The number of amides is 2. The first-order valence-electron chi connectivity index (χ1n) is 10.6. The summed E-state index contributed by atoms with van der Waals surface area (Å²) in [6.07, 6.45) is 3.67. The minimum Gasteiger partial charge on any atom is -0.496 e. The molecule has 1 aliphatic heterocycles. The topological polar surface area (TPSA) is 71.5 Å². The molecule has 1 N–H and O–H groups in total. The Morgan fingerprint density at radius 1 is 1.19 bits per heavy atom. The number of benzene rings is 2. The standard InChI is InChI=1S/C25H25N3O3/c1-13-5-8-20(31-4)14(2)22(13)18-9-16-11-26-21(27-24(29)15-6-7-15)10-17(16)19-12-28(3)25(30)23(18)19/h5,8-11,15H,6-7,12H2,1-4H3,(H,26,27,29). The van der Waals surface area contributed by atoms with E-state index < -0.39 is 0 Å². The van der Waals surface area contributed by atoms with Gasteiger partial charge in [0.15, 0.2) is 0 Å². The van der Waals surface area contributed by atoms with Gasteiger partial charge in [0.1, 0.15) is 11.6 Å². The minimum absolute atomic E-state index is 0.00824. The maximum Gasteiger partial charge on any atom is 0.254 e. The van der Waals surface area contributed by atoms with E-state index in [9.17, 15) is 9.59 Å². The van der Waals surface area contributed by atoms with Crippen LogP contribution in [0.3, 0.4) is 0 Å². The summed E-state index contributed by atoms with van der Waals surface area (Å²) in [4.78, 5) is 31.6. The molecular formula is C25H25N3O3. The van der Waals surface area contributed by atoms with E-state index >= 15 is 0 Å². The van der Waals surface area contributed by atoms with Gasteiger partial charge < -0.3 is 15.0 Å². The Bertz CT molecular complexity index is 1260. The number of fused-ring (bicyclic) bond motifs is 3. The molecule has 2 heterocycles. The first kappa shape index (κ1) is 19.5. The molecule has 0 unspecified atom stereocenters. The Balaban J connectivity index is 1.73. The Morgan fingerprint density at radius 2 is 1.97 bits per heavy atom. The zero-order valence-corrected chi connectivity index (χ0v) is 18.2. The Labute approximate surface area is 181 Å². The van der Waals surface area contributed by atoms with Gasteiger partial charge in [0.25, 0.3) is 5.91 Å². The second-order valence-corrected chi connectivity index (χ2v) is 8.58. The van der Waals surface area contributed by atoms with Crippen molar-refractivity contribution in [2.45, 2.75) is 33.2 Å². The van der Waals surface area contributed by atoms with Crippen LogP contribution in [0.15, 0.2) is 30.5 Å². The summed E-state index contributed by atoms with van der Waals surface area (Å²) in [5, 5.41) is 4.83. The second-order valence-electron chi connectivity index (χ2n) is 8.58. The molecule has 0 spiro atoms. The number of anilines is 1. The molecule has 0 radical (unpaired) electrons. The molecule has 1 saturated carbocycles. The van der Waals surface area contributed by atoms with Crippen molar-refractivity contribution in [3.05, 3.63) is 52.7 Å². The fourth-order valence-corrected chi connectivity index (χ4v) is 4.58. The van der Waals surface area contributed by atoms with Crippen LogP contribution in [0.4, 0.5) is 5.82 Å². The van der Waals surface area contributed by atoms with E-state index in [2.05, 4.69) is 17.2 Å². The van der Waals surface area contributed by atoms with Crippen LogP contribution in [0.25, 0.3) is 21.9 Å². The van der Waals surface area contributed by atoms with Gasteiger partial charge in [-0.1, -0.05) is 6.07 Å². The van der Waals surface area contributed by atoms with Gasteiger partial charge in [-0.05, 0) is 78.1 Å². The van der Waals surface area contributed by atoms with Crippen molar-refractivity contribution in [1.29, 1.82) is 0 Å². The number of methoxy groups -OCH3 is 1. The molecule has 31 heavy (non-hydrogen) atoms. The van der Waals surface area contributed by atoms with Gasteiger partial charge in [0, 0.05) is 31.1 Å². The maximum atomic E-state index is 13.2. The molecule has 6 heteroatoms. The van der Waals surface area contributed by atoms with Crippen LogP contribution < -0.4 is 10.1 Å². The molecule has 2 aromatic carbocycles. The number of aromatic nitrogens is 1. The predicted molar refractivity (Wildman–Crippen MR) is 120 cm³/mol. The van der Waals surface area contributed by atoms with E-state index in [0.29, 0.717) is 12.4 Å². The SMILES string of the molecule is COc1ccc(C)c(-c2cc3cnc(NC(=O)C4CC4)cc3c3c2C(=O)N(C)C3)c1C. The molecule has 0 bridgehead atoms. The van der Waals surface area contributed by atoms with Gasteiger partial charge in [0.05, 0.1) is 12.7 Å². The van der Waals surface area contributed by atoms with E-state index in [-0.39, 0.29) is 17.7 Å². The lowest BCUT2D eigenvalue weighted by Crippen LogP contribution is -2.18. The van der Waals surface area contributed by atoms with Crippen molar-refractivity contribution in [2.24, 2.45) is 5.92 Å². The summed E-state index contributed by atoms with van der Waals surface area (Å²) in [5.74, 6) is 1.47. The third-order valence-electron chi connectivity index (χ3n) is 6.40. The number of aryl methyl sites for hydroxylation is 1. The number of carbonyl (C=O) groups excluding carboxylic acids is 2. The number of nitrogens with zero attached hydrogens (tertiary/aromatic N) is 2. The van der Waals surface area contributed by atoms with E-state index in [0.717, 1.165) is 62.7 Å². The smallest absolute Gasteiger partial charge is 0.254 e. The average molecular weight is 415 g/mol. The van der Waals surface area contributed by atoms with Crippen LogP contribution in [-0.2, 0) is 11.3 Å². The van der Waals surface area contributed by atoms with Crippen molar-refractivity contribution in [2.75, 3.05) is 19.5 Å². The van der Waals surface area contributed by atoms with Gasteiger partial charge in [-0.3, -0.25) is 9.59 Å². The highest BCUT2D eigenvalue weighted by Gasteiger charge is 2.32. The highest BCUT2D eigenvalue weighted by Crippen LogP contribution is 2.42. The summed E-state index contributed by atoms with van der Waals surface area (Å²) < 4.78 is 5.55. The van der Waals surface area contributed by atoms with Gasteiger partial charge in [0.2, 0.25) is 5.91 Å². The normalized spacial score (nSPS) is 15.4. The molecule has 158 valence electrons. The molecule has 1 aromatic heterocycles. The third-order valence-corrected chi connectivity index (χ3v) is 6.40. The van der Waals surface area contributed by atoms with Crippen LogP contribution in [0.1, 0.15) is 39.9 Å². The third kappa shape index (κ3) is 3.14. The van der Waals surface area contributed by atoms with Crippen LogP contribution >= 0.6 is 0 Å². The number of ether oxygens (including phenoxy) is 1. The lowest BCUT2D eigenvalue weighted by molar-refractivity contribution is -0.117. The van der Waals surface area contributed by atoms with E-state index in [1.807, 2.05) is 38.2 Å². The quantitative estimate of drug-likeness (QED) is 0.683. The number of rotatable bonds is 4. The molecule has 0 saturated heterocycles. The minimum atomic E-state index is 0.00824. The van der Waals surface area contributed by atoms with Gasteiger partial charge in [-0.2, -0.15) is 0 Å². The van der Waals surface area contributed by atoms with E-state index in [1.54, 1.807) is 18.2 Å². The Hall–Kier alpha value is -3.41. The first-order valence-corrected chi connectivity index (χ1v) is 10.6. The van der Waals surface area contributed by atoms with Crippen molar-refractivity contribution < 1.29 is 14.3 Å². The summed E-state index contributed by atoms with van der Waals surface area (Å²) in [6, 6.07) is 7.92. The number of hydrogen-bond donors (Lipinski definition) is 1. The van der Waals surface area contributed by atoms with Gasteiger partial charge in [-0.15, -0.1) is 0 Å². The predicted octanol–water partition coefficient (Wildman–Crippen LogP) is 4.46. The summed E-state index contributed by atoms with van der Waals surface area (Å²) in [5.41, 5.74) is 5.72. The summed E-state index contributed by atoms with van der Waals surface area (Å²) in [7, 11) is 3.48. The molecule has 0 atom stereocenters. The average Bonchev–Trinajstić information content (AvgIpc) is 3.55. The van der Waals surface area contributed by atoms with E-state index in [1.165, 1.54) is 0 Å². The lowest BCUT2D eigenvalue weighted by Gasteiger charge is -2.17. The molecule has 2 amide bonds.